The van der Waals surface area contributed by atoms with Gasteiger partial charge in [0.25, 0.3) is 11.1 Å². The second kappa shape index (κ2) is 9.74. The maximum atomic E-state index is 13.1. The lowest BCUT2D eigenvalue weighted by Gasteiger charge is -2.13. The minimum absolute atomic E-state index is 0.0110. The Kier molecular flexibility index (Phi) is 6.82. The van der Waals surface area contributed by atoms with Crippen molar-refractivity contribution in [2.45, 2.75) is 63.4 Å². The highest BCUT2D eigenvalue weighted by molar-refractivity contribution is 7.98. The van der Waals surface area contributed by atoms with E-state index in [4.69, 9.17) is 4.98 Å². The van der Waals surface area contributed by atoms with Crippen molar-refractivity contribution in [1.29, 1.82) is 0 Å². The van der Waals surface area contributed by atoms with E-state index in [-0.39, 0.29) is 11.1 Å². The summed E-state index contributed by atoms with van der Waals surface area (Å²) in [6.45, 7) is 4.82. The van der Waals surface area contributed by atoms with Crippen LogP contribution in [-0.4, -0.2) is 24.1 Å². The van der Waals surface area contributed by atoms with Crippen LogP contribution in [0.25, 0.3) is 15.9 Å². The highest BCUT2D eigenvalue weighted by Gasteiger charge is 2.13. The molecule has 7 nitrogen and oxygen atoms in total. The highest BCUT2D eigenvalue weighted by atomic mass is 32.2. The van der Waals surface area contributed by atoms with Crippen molar-refractivity contribution in [3.8, 4) is 0 Å². The molecule has 0 bridgehead atoms. The largest absolute Gasteiger partial charge is 0.287 e. The quantitative estimate of drug-likeness (QED) is 0.213. The summed E-state index contributed by atoms with van der Waals surface area (Å²) < 4.78 is 3.13. The van der Waals surface area contributed by atoms with Crippen LogP contribution in [-0.2, 0) is 18.7 Å². The molecule has 3 aromatic heterocycles. The fourth-order valence-corrected chi connectivity index (χ4v) is 5.18. The first kappa shape index (κ1) is 21.7. The zero-order valence-corrected chi connectivity index (χ0v) is 19.3. The van der Waals surface area contributed by atoms with E-state index in [0.29, 0.717) is 39.0 Å². The van der Waals surface area contributed by atoms with Crippen molar-refractivity contribution in [3.05, 3.63) is 61.7 Å². The molecule has 0 saturated carbocycles. The Morgan fingerprint density at radius 2 is 1.90 bits per heavy atom. The van der Waals surface area contributed by atoms with Gasteiger partial charge in [0.1, 0.15) is 5.01 Å². The van der Waals surface area contributed by atoms with Gasteiger partial charge in [-0.05, 0) is 25.0 Å². The van der Waals surface area contributed by atoms with Crippen molar-refractivity contribution in [1.82, 2.24) is 24.1 Å². The number of aryl methyl sites for hydroxylation is 1. The minimum atomic E-state index is -0.181. The first-order valence-electron chi connectivity index (χ1n) is 10.6. The van der Waals surface area contributed by atoms with Crippen LogP contribution in [0.1, 0.15) is 50.2 Å². The van der Waals surface area contributed by atoms with Gasteiger partial charge >= 0.3 is 0 Å². The van der Waals surface area contributed by atoms with Crippen LogP contribution >= 0.6 is 23.1 Å². The molecule has 3 heterocycles. The summed E-state index contributed by atoms with van der Waals surface area (Å²) in [5, 5.41) is 6.48. The van der Waals surface area contributed by atoms with Gasteiger partial charge in [-0.3, -0.25) is 14.2 Å². The lowest BCUT2D eigenvalue weighted by molar-refractivity contribution is 0.531. The van der Waals surface area contributed by atoms with E-state index in [0.717, 1.165) is 37.1 Å². The number of aromatic nitrogens is 5. The van der Waals surface area contributed by atoms with E-state index in [1.165, 1.54) is 33.7 Å². The van der Waals surface area contributed by atoms with Gasteiger partial charge in [0.05, 0.1) is 16.6 Å². The van der Waals surface area contributed by atoms with E-state index in [1.807, 2.05) is 31.2 Å². The van der Waals surface area contributed by atoms with Crippen LogP contribution in [0.5, 0.6) is 0 Å². The molecule has 0 spiro atoms. The molecule has 0 N–H and O–H groups in total. The van der Waals surface area contributed by atoms with Crippen molar-refractivity contribution in [3.63, 3.8) is 0 Å². The number of para-hydroxylation sites is 1. The fraction of sp³-hybridized carbons (Fsp3) is 0.409. The third-order valence-electron chi connectivity index (χ3n) is 5.05. The van der Waals surface area contributed by atoms with E-state index in [2.05, 4.69) is 17.0 Å². The number of hydrogen-bond acceptors (Lipinski definition) is 7. The summed E-state index contributed by atoms with van der Waals surface area (Å²) in [5.74, 6) is 0.463. The first-order valence-corrected chi connectivity index (χ1v) is 12.4. The lowest BCUT2D eigenvalue weighted by Crippen LogP contribution is -2.23. The maximum absolute atomic E-state index is 13.1. The SMILES string of the molecule is CCCCCCn1c(SCc2cc(=O)n3nc(CC)sc3n2)nc2ccccc2c1=O. The second-order valence-electron chi connectivity index (χ2n) is 7.35. The zero-order chi connectivity index (χ0) is 21.8. The third-order valence-corrected chi connectivity index (χ3v) is 7.12. The maximum Gasteiger partial charge on any atom is 0.275 e. The molecule has 31 heavy (non-hydrogen) atoms. The van der Waals surface area contributed by atoms with Crippen molar-refractivity contribution < 1.29 is 0 Å². The number of unbranched alkanes of at least 4 members (excludes halogenated alkanes) is 3. The third kappa shape index (κ3) is 4.72. The average Bonchev–Trinajstić information content (AvgIpc) is 3.21. The van der Waals surface area contributed by atoms with Crippen LogP contribution in [0.3, 0.4) is 0 Å². The van der Waals surface area contributed by atoms with E-state index < -0.39 is 0 Å². The van der Waals surface area contributed by atoms with Gasteiger partial charge in [-0.25, -0.2) is 9.97 Å². The Balaban J connectivity index is 1.64. The first-order chi connectivity index (χ1) is 15.1. The van der Waals surface area contributed by atoms with E-state index >= 15 is 0 Å². The fourth-order valence-electron chi connectivity index (χ4n) is 3.40. The molecule has 4 aromatic rings. The Morgan fingerprint density at radius 1 is 1.06 bits per heavy atom. The predicted molar refractivity (Wildman–Crippen MR) is 126 cm³/mol. The summed E-state index contributed by atoms with van der Waals surface area (Å²) in [6, 6.07) is 8.96. The lowest BCUT2D eigenvalue weighted by atomic mass is 10.2. The number of rotatable bonds is 9. The highest BCUT2D eigenvalue weighted by Crippen LogP contribution is 2.22. The Bertz CT molecular complexity index is 1330. The predicted octanol–water partition coefficient (Wildman–Crippen LogP) is 4.30. The van der Waals surface area contributed by atoms with Crippen molar-refractivity contribution >= 4 is 39.0 Å². The molecule has 0 radical (unpaired) electrons. The Morgan fingerprint density at radius 3 is 2.71 bits per heavy atom. The summed E-state index contributed by atoms with van der Waals surface area (Å²) in [4.78, 5) is 35.5. The van der Waals surface area contributed by atoms with E-state index in [1.54, 1.807) is 4.57 Å². The number of hydrogen-bond donors (Lipinski definition) is 0. The van der Waals surface area contributed by atoms with Gasteiger partial charge in [0.2, 0.25) is 4.96 Å². The van der Waals surface area contributed by atoms with Gasteiger partial charge in [-0.15, -0.1) is 0 Å². The van der Waals surface area contributed by atoms with Crippen molar-refractivity contribution in [2.75, 3.05) is 0 Å². The minimum Gasteiger partial charge on any atom is -0.287 e. The van der Waals surface area contributed by atoms with Gasteiger partial charge in [-0.2, -0.15) is 9.61 Å². The van der Waals surface area contributed by atoms with Crippen LogP contribution in [0.15, 0.2) is 45.1 Å². The molecule has 0 amide bonds. The van der Waals surface area contributed by atoms with Crippen LogP contribution < -0.4 is 11.1 Å². The van der Waals surface area contributed by atoms with Gasteiger partial charge in [-0.1, -0.05) is 68.3 Å². The van der Waals surface area contributed by atoms with Crippen molar-refractivity contribution in [2.24, 2.45) is 0 Å². The standard InChI is InChI=1S/C22H25N5O2S2/c1-3-5-6-9-12-26-20(29)16-10-7-8-11-17(16)24-21(26)30-14-15-13-19(28)27-22(23-15)31-18(4-2)25-27/h7-8,10-11,13H,3-6,9,12,14H2,1-2H3. The molecular formula is C22H25N5O2S2. The molecule has 0 aliphatic rings. The average molecular weight is 456 g/mol. The molecule has 0 aliphatic heterocycles. The number of thioether (sulfide) groups is 1. The molecule has 9 heteroatoms. The van der Waals surface area contributed by atoms with Crippen LogP contribution in [0.4, 0.5) is 0 Å². The van der Waals surface area contributed by atoms with Crippen LogP contribution in [0, 0.1) is 0 Å². The van der Waals surface area contributed by atoms with Gasteiger partial charge < -0.3 is 0 Å². The molecule has 0 atom stereocenters. The Hall–Kier alpha value is -2.52. The summed E-state index contributed by atoms with van der Waals surface area (Å²) >= 11 is 2.88. The molecule has 0 fully saturated rings. The van der Waals surface area contributed by atoms with Gasteiger partial charge in [0, 0.05) is 18.4 Å². The summed E-state index contributed by atoms with van der Waals surface area (Å²) in [7, 11) is 0. The van der Waals surface area contributed by atoms with Crippen LogP contribution in [0.2, 0.25) is 0 Å². The molecule has 0 saturated heterocycles. The van der Waals surface area contributed by atoms with E-state index in [9.17, 15) is 9.59 Å². The number of benzene rings is 1. The number of fused-ring (bicyclic) bond motifs is 2. The number of nitrogens with zero attached hydrogens (tertiary/aromatic N) is 5. The molecule has 1 aromatic carbocycles. The normalized spacial score (nSPS) is 11.5. The second-order valence-corrected chi connectivity index (χ2v) is 9.33. The zero-order valence-electron chi connectivity index (χ0n) is 17.7. The molecule has 0 unspecified atom stereocenters. The monoisotopic (exact) mass is 455 g/mol. The molecule has 162 valence electrons. The smallest absolute Gasteiger partial charge is 0.275 e. The molecule has 4 rings (SSSR count). The molecular weight excluding hydrogens is 430 g/mol. The molecule has 0 aliphatic carbocycles. The summed E-state index contributed by atoms with van der Waals surface area (Å²) in [6.07, 6.45) is 5.09. The summed E-state index contributed by atoms with van der Waals surface area (Å²) in [5.41, 5.74) is 1.17. The van der Waals surface area contributed by atoms with Gasteiger partial charge in [0.15, 0.2) is 5.16 Å². The topological polar surface area (TPSA) is 82.2 Å². The Labute approximate surface area is 188 Å².